The SMILES string of the molecule is C#CCOc1c(OC)cccc1[C@H]1NC(=O)NC(C)=C1C(=O)OC. The number of carbonyl (C=O) groups is 2. The van der Waals surface area contributed by atoms with Crippen LogP contribution in [0.2, 0.25) is 0 Å². The fraction of sp³-hybridized carbons (Fsp3) is 0.294. The largest absolute Gasteiger partial charge is 0.493 e. The van der Waals surface area contributed by atoms with Gasteiger partial charge in [-0.2, -0.15) is 0 Å². The second-order valence-electron chi connectivity index (χ2n) is 4.93. The molecule has 0 saturated heterocycles. The topological polar surface area (TPSA) is 85.9 Å². The Balaban J connectivity index is 2.59. The van der Waals surface area contributed by atoms with E-state index in [1.807, 2.05) is 0 Å². The van der Waals surface area contributed by atoms with Gasteiger partial charge >= 0.3 is 12.0 Å². The van der Waals surface area contributed by atoms with Gasteiger partial charge in [0.05, 0.1) is 25.8 Å². The molecule has 0 aromatic heterocycles. The van der Waals surface area contributed by atoms with Crippen molar-refractivity contribution in [2.45, 2.75) is 13.0 Å². The average molecular weight is 330 g/mol. The number of urea groups is 1. The van der Waals surface area contributed by atoms with Crippen LogP contribution in [-0.4, -0.2) is 32.8 Å². The van der Waals surface area contributed by atoms with Crippen molar-refractivity contribution in [3.05, 3.63) is 35.0 Å². The summed E-state index contributed by atoms with van der Waals surface area (Å²) in [7, 11) is 2.77. The summed E-state index contributed by atoms with van der Waals surface area (Å²) in [5.41, 5.74) is 1.22. The lowest BCUT2D eigenvalue weighted by Gasteiger charge is -2.29. The van der Waals surface area contributed by atoms with Crippen molar-refractivity contribution in [1.29, 1.82) is 0 Å². The van der Waals surface area contributed by atoms with E-state index in [4.69, 9.17) is 20.6 Å². The van der Waals surface area contributed by atoms with Crippen LogP contribution in [0.25, 0.3) is 0 Å². The van der Waals surface area contributed by atoms with Gasteiger partial charge in [-0.15, -0.1) is 6.42 Å². The monoisotopic (exact) mass is 330 g/mol. The highest BCUT2D eigenvalue weighted by atomic mass is 16.5. The number of benzene rings is 1. The molecule has 1 aromatic rings. The summed E-state index contributed by atoms with van der Waals surface area (Å²) in [6, 6.07) is 3.97. The van der Waals surface area contributed by atoms with E-state index in [0.29, 0.717) is 22.8 Å². The molecule has 1 atom stereocenters. The molecule has 0 aliphatic carbocycles. The molecule has 0 bridgehead atoms. The molecule has 0 fully saturated rings. The normalized spacial score (nSPS) is 16.6. The van der Waals surface area contributed by atoms with Gasteiger partial charge in [0, 0.05) is 11.3 Å². The Bertz CT molecular complexity index is 733. The Labute approximate surface area is 140 Å². The molecule has 1 aliphatic rings. The molecule has 2 rings (SSSR count). The van der Waals surface area contributed by atoms with E-state index in [0.717, 1.165) is 0 Å². The van der Waals surface area contributed by atoms with Crippen molar-refractivity contribution in [3.8, 4) is 23.8 Å². The summed E-state index contributed by atoms with van der Waals surface area (Å²) in [5, 5.41) is 5.26. The Morgan fingerprint density at radius 1 is 1.38 bits per heavy atom. The van der Waals surface area contributed by atoms with Crippen LogP contribution in [0.4, 0.5) is 4.79 Å². The summed E-state index contributed by atoms with van der Waals surface area (Å²) in [5.74, 6) is 2.62. The molecule has 1 aliphatic heterocycles. The minimum atomic E-state index is -0.755. The number of rotatable bonds is 5. The van der Waals surface area contributed by atoms with Gasteiger partial charge in [0.15, 0.2) is 11.5 Å². The number of allylic oxidation sites excluding steroid dienone is 1. The average Bonchev–Trinajstić information content (AvgIpc) is 2.58. The highest BCUT2D eigenvalue weighted by Gasteiger charge is 2.34. The summed E-state index contributed by atoms with van der Waals surface area (Å²) >= 11 is 0. The van der Waals surface area contributed by atoms with E-state index < -0.39 is 18.0 Å². The molecular formula is C17H18N2O5. The first-order valence-electron chi connectivity index (χ1n) is 7.13. The number of terminal acetylenes is 1. The molecule has 7 heteroatoms. The maximum atomic E-state index is 12.2. The van der Waals surface area contributed by atoms with Crippen molar-refractivity contribution < 1.29 is 23.8 Å². The molecule has 0 unspecified atom stereocenters. The van der Waals surface area contributed by atoms with Gasteiger partial charge in [-0.05, 0) is 13.0 Å². The van der Waals surface area contributed by atoms with Crippen LogP contribution in [0.5, 0.6) is 11.5 Å². The zero-order valence-corrected chi connectivity index (χ0v) is 13.6. The Morgan fingerprint density at radius 3 is 2.75 bits per heavy atom. The number of nitrogens with one attached hydrogen (secondary N) is 2. The molecule has 24 heavy (non-hydrogen) atoms. The number of para-hydroxylation sites is 1. The minimum absolute atomic E-state index is 0.0164. The number of methoxy groups -OCH3 is 2. The van der Waals surface area contributed by atoms with E-state index in [1.54, 1.807) is 25.1 Å². The lowest BCUT2D eigenvalue weighted by atomic mass is 9.94. The van der Waals surface area contributed by atoms with Crippen molar-refractivity contribution in [2.24, 2.45) is 0 Å². The van der Waals surface area contributed by atoms with Gasteiger partial charge in [0.2, 0.25) is 0 Å². The predicted octanol–water partition coefficient (Wildman–Crippen LogP) is 1.51. The molecule has 1 aromatic carbocycles. The van der Waals surface area contributed by atoms with Gasteiger partial charge in [-0.1, -0.05) is 18.1 Å². The first-order valence-corrected chi connectivity index (χ1v) is 7.13. The number of amides is 2. The highest BCUT2D eigenvalue weighted by molar-refractivity contribution is 5.95. The molecule has 1 heterocycles. The molecular weight excluding hydrogens is 312 g/mol. The maximum absolute atomic E-state index is 12.2. The van der Waals surface area contributed by atoms with Crippen LogP contribution in [-0.2, 0) is 9.53 Å². The third kappa shape index (κ3) is 3.27. The Kier molecular flexibility index (Phi) is 5.32. The highest BCUT2D eigenvalue weighted by Crippen LogP contribution is 2.39. The summed E-state index contributed by atoms with van der Waals surface area (Å²) < 4.78 is 15.7. The number of esters is 1. The standard InChI is InChI=1S/C17H18N2O5/c1-5-9-24-15-11(7-6-8-12(15)22-3)14-13(16(20)23-4)10(2)18-17(21)19-14/h1,6-8,14H,9H2,2-4H3,(H2,18,19,21)/t14-/m1/s1. The summed E-state index contributed by atoms with van der Waals surface area (Å²) in [6.45, 7) is 1.64. The smallest absolute Gasteiger partial charge is 0.337 e. The minimum Gasteiger partial charge on any atom is -0.493 e. The van der Waals surface area contributed by atoms with E-state index in [1.165, 1.54) is 14.2 Å². The zero-order valence-electron chi connectivity index (χ0n) is 13.6. The number of ether oxygens (including phenoxy) is 3. The van der Waals surface area contributed by atoms with Crippen LogP contribution >= 0.6 is 0 Å². The third-order valence-electron chi connectivity index (χ3n) is 3.51. The quantitative estimate of drug-likeness (QED) is 0.631. The second-order valence-corrected chi connectivity index (χ2v) is 4.93. The van der Waals surface area contributed by atoms with E-state index in [9.17, 15) is 9.59 Å². The van der Waals surface area contributed by atoms with Crippen LogP contribution in [0, 0.1) is 12.3 Å². The molecule has 2 amide bonds. The second kappa shape index (κ2) is 7.42. The molecule has 0 radical (unpaired) electrons. The Morgan fingerprint density at radius 2 is 2.12 bits per heavy atom. The fourth-order valence-corrected chi connectivity index (χ4v) is 2.50. The summed E-state index contributed by atoms with van der Waals surface area (Å²) in [6.07, 6.45) is 5.26. The van der Waals surface area contributed by atoms with Gasteiger partial charge < -0.3 is 24.8 Å². The van der Waals surface area contributed by atoms with Crippen LogP contribution in [0.3, 0.4) is 0 Å². The van der Waals surface area contributed by atoms with Gasteiger partial charge in [-0.3, -0.25) is 0 Å². The first kappa shape index (κ1) is 17.2. The fourth-order valence-electron chi connectivity index (χ4n) is 2.50. The molecule has 7 nitrogen and oxygen atoms in total. The van der Waals surface area contributed by atoms with Crippen molar-refractivity contribution >= 4 is 12.0 Å². The Hall–Kier alpha value is -3.14. The molecule has 126 valence electrons. The van der Waals surface area contributed by atoms with Crippen LogP contribution in [0.1, 0.15) is 18.5 Å². The number of carbonyl (C=O) groups excluding carboxylic acids is 2. The zero-order chi connectivity index (χ0) is 17.7. The number of hydrogen-bond acceptors (Lipinski definition) is 5. The van der Waals surface area contributed by atoms with Crippen LogP contribution < -0.4 is 20.1 Å². The van der Waals surface area contributed by atoms with E-state index >= 15 is 0 Å². The lowest BCUT2D eigenvalue weighted by molar-refractivity contribution is -0.136. The van der Waals surface area contributed by atoms with E-state index in [2.05, 4.69) is 16.6 Å². The summed E-state index contributed by atoms with van der Waals surface area (Å²) in [4.78, 5) is 24.1. The van der Waals surface area contributed by atoms with Gasteiger partial charge in [0.1, 0.15) is 6.61 Å². The number of hydrogen-bond donors (Lipinski definition) is 2. The third-order valence-corrected chi connectivity index (χ3v) is 3.51. The maximum Gasteiger partial charge on any atom is 0.337 e. The van der Waals surface area contributed by atoms with E-state index in [-0.39, 0.29) is 12.2 Å². The van der Waals surface area contributed by atoms with Crippen molar-refractivity contribution in [3.63, 3.8) is 0 Å². The molecule has 2 N–H and O–H groups in total. The predicted molar refractivity (Wildman–Crippen MR) is 86.4 cm³/mol. The van der Waals surface area contributed by atoms with Crippen LogP contribution in [0.15, 0.2) is 29.5 Å². The van der Waals surface area contributed by atoms with Gasteiger partial charge in [0.25, 0.3) is 0 Å². The van der Waals surface area contributed by atoms with Crippen molar-refractivity contribution in [1.82, 2.24) is 10.6 Å². The first-order chi connectivity index (χ1) is 11.5. The molecule has 0 spiro atoms. The van der Waals surface area contributed by atoms with Crippen molar-refractivity contribution in [2.75, 3.05) is 20.8 Å². The lowest BCUT2D eigenvalue weighted by Crippen LogP contribution is -2.45. The molecule has 0 saturated carbocycles. The van der Waals surface area contributed by atoms with Gasteiger partial charge in [-0.25, -0.2) is 9.59 Å².